The van der Waals surface area contributed by atoms with Crippen LogP contribution in [0.2, 0.25) is 0 Å². The molecule has 0 aliphatic heterocycles. The summed E-state index contributed by atoms with van der Waals surface area (Å²) in [5.74, 6) is -0.344. The van der Waals surface area contributed by atoms with Crippen LogP contribution in [0.25, 0.3) is 27.8 Å². The zero-order valence-corrected chi connectivity index (χ0v) is 29.1. The fourth-order valence-electron chi connectivity index (χ4n) is 5.42. The molecule has 0 saturated carbocycles. The lowest BCUT2D eigenvalue weighted by molar-refractivity contribution is -0.275. The van der Waals surface area contributed by atoms with E-state index in [0.29, 0.717) is 46.1 Å². The molecule has 0 saturated heterocycles. The molecule has 0 radical (unpaired) electrons. The predicted molar refractivity (Wildman–Crippen MR) is 190 cm³/mol. The van der Waals surface area contributed by atoms with Crippen LogP contribution in [-0.4, -0.2) is 42.8 Å². The van der Waals surface area contributed by atoms with Crippen LogP contribution in [0.4, 0.5) is 26.3 Å². The lowest BCUT2D eigenvalue weighted by atomic mass is 9.93. The molecule has 0 aromatic heterocycles. The van der Waals surface area contributed by atoms with Crippen LogP contribution in [0.1, 0.15) is 23.6 Å². The van der Waals surface area contributed by atoms with Crippen LogP contribution in [0, 0.1) is 6.92 Å². The third-order valence-corrected chi connectivity index (χ3v) is 8.61. The van der Waals surface area contributed by atoms with E-state index in [4.69, 9.17) is 14.6 Å². The Labute approximate surface area is 305 Å². The van der Waals surface area contributed by atoms with Gasteiger partial charge in [-0.2, -0.15) is 0 Å². The lowest BCUT2D eigenvalue weighted by Gasteiger charge is -2.18. The summed E-state index contributed by atoms with van der Waals surface area (Å²) in [6.45, 7) is 3.52. The summed E-state index contributed by atoms with van der Waals surface area (Å²) < 4.78 is 97.0. The van der Waals surface area contributed by atoms with Gasteiger partial charge in [-0.05, 0) is 95.3 Å². The molecule has 1 N–H and O–H groups in total. The van der Waals surface area contributed by atoms with E-state index in [1.807, 2.05) is 50.2 Å². The molecule has 0 aliphatic rings. The number of halogens is 6. The highest BCUT2D eigenvalue weighted by Gasteiger charge is 2.32. The van der Waals surface area contributed by atoms with Crippen molar-refractivity contribution in [3.8, 4) is 39.5 Å². The van der Waals surface area contributed by atoms with E-state index in [2.05, 4.69) is 9.47 Å². The standard InChI is InChI=1S/C40H32F6O6S/c1-3-49-36(24-53-34-18-19-35(25(2)20-34)50-23-37(47)48)38(28-14-10-26(11-15-28)30-6-4-8-32(21-30)51-39(41,42)43)29-16-12-27(13-17-29)31-7-5-9-33(22-31)52-40(44,45)46/h4-22H,3,23-24H2,1-2H3,(H,47,48). The lowest BCUT2D eigenvalue weighted by Crippen LogP contribution is -2.17. The van der Waals surface area contributed by atoms with Gasteiger partial charge in [0, 0.05) is 10.5 Å². The molecule has 5 aromatic rings. The van der Waals surface area contributed by atoms with Crippen molar-refractivity contribution in [1.29, 1.82) is 0 Å². The molecule has 0 atom stereocenters. The summed E-state index contributed by atoms with van der Waals surface area (Å²) in [6, 6.07) is 31.1. The number of rotatable bonds is 14. The third-order valence-electron chi connectivity index (χ3n) is 7.61. The number of benzene rings is 5. The minimum absolute atomic E-state index is 0.328. The number of hydrogen-bond acceptors (Lipinski definition) is 6. The Morgan fingerprint density at radius 2 is 1.19 bits per heavy atom. The predicted octanol–water partition coefficient (Wildman–Crippen LogP) is 11.2. The first-order valence-electron chi connectivity index (χ1n) is 16.0. The van der Waals surface area contributed by atoms with Crippen molar-refractivity contribution < 1.29 is 55.2 Å². The average Bonchev–Trinajstić information content (AvgIpc) is 3.09. The van der Waals surface area contributed by atoms with Gasteiger partial charge in [-0.3, -0.25) is 0 Å². The first-order valence-corrected chi connectivity index (χ1v) is 17.0. The smallest absolute Gasteiger partial charge is 0.497 e. The van der Waals surface area contributed by atoms with Crippen LogP contribution in [0.15, 0.2) is 126 Å². The molecule has 0 amide bonds. The first kappa shape index (κ1) is 38.7. The maximum absolute atomic E-state index is 12.9. The van der Waals surface area contributed by atoms with E-state index in [0.717, 1.165) is 27.2 Å². The molecular weight excluding hydrogens is 722 g/mol. The van der Waals surface area contributed by atoms with Crippen molar-refractivity contribution in [1.82, 2.24) is 0 Å². The van der Waals surface area contributed by atoms with E-state index >= 15 is 0 Å². The van der Waals surface area contributed by atoms with Gasteiger partial charge in [0.2, 0.25) is 0 Å². The molecule has 5 rings (SSSR count). The van der Waals surface area contributed by atoms with Crippen molar-refractivity contribution in [2.75, 3.05) is 19.0 Å². The molecule has 0 bridgehead atoms. The largest absolute Gasteiger partial charge is 0.573 e. The van der Waals surface area contributed by atoms with Gasteiger partial charge < -0.3 is 24.1 Å². The van der Waals surface area contributed by atoms with E-state index in [-0.39, 0.29) is 11.5 Å². The van der Waals surface area contributed by atoms with E-state index < -0.39 is 25.3 Å². The molecule has 276 valence electrons. The zero-order valence-electron chi connectivity index (χ0n) is 28.3. The quantitative estimate of drug-likeness (QED) is 0.0687. The molecule has 0 spiro atoms. The second kappa shape index (κ2) is 16.8. The second-order valence-corrected chi connectivity index (χ2v) is 12.5. The minimum atomic E-state index is -4.83. The van der Waals surface area contributed by atoms with Gasteiger partial charge >= 0.3 is 18.7 Å². The van der Waals surface area contributed by atoms with Gasteiger partial charge in [0.15, 0.2) is 6.61 Å². The van der Waals surface area contributed by atoms with Crippen molar-refractivity contribution in [2.24, 2.45) is 0 Å². The number of aliphatic carboxylic acids is 1. The van der Waals surface area contributed by atoms with Gasteiger partial charge in [0.25, 0.3) is 0 Å². The number of aryl methyl sites for hydroxylation is 1. The van der Waals surface area contributed by atoms with Crippen LogP contribution in [-0.2, 0) is 9.53 Å². The number of hydrogen-bond donors (Lipinski definition) is 1. The molecule has 53 heavy (non-hydrogen) atoms. The van der Waals surface area contributed by atoms with Crippen molar-refractivity contribution >= 4 is 23.3 Å². The van der Waals surface area contributed by atoms with Crippen LogP contribution in [0.5, 0.6) is 17.2 Å². The van der Waals surface area contributed by atoms with E-state index in [9.17, 15) is 31.1 Å². The van der Waals surface area contributed by atoms with E-state index in [1.54, 1.807) is 42.5 Å². The highest BCUT2D eigenvalue weighted by Crippen LogP contribution is 2.36. The summed E-state index contributed by atoms with van der Waals surface area (Å²) in [5.41, 5.74) is 5.26. The Morgan fingerprint density at radius 1 is 0.679 bits per heavy atom. The van der Waals surface area contributed by atoms with Gasteiger partial charge in [0.1, 0.15) is 23.0 Å². The molecule has 0 unspecified atom stereocenters. The normalized spacial score (nSPS) is 11.5. The Morgan fingerprint density at radius 3 is 1.62 bits per heavy atom. The Bertz CT molecular complexity index is 1950. The highest BCUT2D eigenvalue weighted by molar-refractivity contribution is 7.99. The molecule has 0 heterocycles. The summed E-state index contributed by atoms with van der Waals surface area (Å²) >= 11 is 1.48. The van der Waals surface area contributed by atoms with Gasteiger partial charge in [-0.15, -0.1) is 38.1 Å². The molecular formula is C40H32F6O6S. The van der Waals surface area contributed by atoms with Crippen molar-refractivity contribution in [2.45, 2.75) is 31.5 Å². The van der Waals surface area contributed by atoms with Crippen LogP contribution in [0.3, 0.4) is 0 Å². The second-order valence-electron chi connectivity index (χ2n) is 11.4. The average molecular weight is 755 g/mol. The zero-order chi connectivity index (χ0) is 38.2. The van der Waals surface area contributed by atoms with E-state index in [1.165, 1.54) is 48.2 Å². The number of carboxylic acid groups (broad SMARTS) is 1. The SMILES string of the molecule is CCOC(CSc1ccc(OCC(=O)O)c(C)c1)=C(c1ccc(-c2cccc(OC(F)(F)F)c2)cc1)c1ccc(-c2cccc(OC(F)(F)F)c2)cc1. The van der Waals surface area contributed by atoms with Crippen molar-refractivity contribution in [3.63, 3.8) is 0 Å². The fraction of sp³-hybridized carbons (Fsp3) is 0.175. The monoisotopic (exact) mass is 754 g/mol. The topological polar surface area (TPSA) is 74.2 Å². The molecule has 13 heteroatoms. The number of thioether (sulfide) groups is 1. The molecule has 6 nitrogen and oxygen atoms in total. The number of ether oxygens (including phenoxy) is 4. The molecule has 0 fully saturated rings. The summed E-state index contributed by atoms with van der Waals surface area (Å²) in [4.78, 5) is 11.8. The maximum Gasteiger partial charge on any atom is 0.573 e. The number of carbonyl (C=O) groups is 1. The molecule has 5 aromatic carbocycles. The highest BCUT2D eigenvalue weighted by atomic mass is 32.2. The van der Waals surface area contributed by atoms with Gasteiger partial charge in [-0.25, -0.2) is 4.79 Å². The number of alkyl halides is 6. The van der Waals surface area contributed by atoms with Gasteiger partial charge in [0.05, 0.1) is 12.4 Å². The minimum Gasteiger partial charge on any atom is -0.497 e. The Balaban J connectivity index is 1.51. The maximum atomic E-state index is 12.9. The summed E-state index contributed by atoms with van der Waals surface area (Å²) in [7, 11) is 0. The Kier molecular flexibility index (Phi) is 12.3. The molecule has 0 aliphatic carbocycles. The summed E-state index contributed by atoms with van der Waals surface area (Å²) in [5, 5.41) is 8.97. The van der Waals surface area contributed by atoms with Crippen LogP contribution < -0.4 is 14.2 Å². The fourth-order valence-corrected chi connectivity index (χ4v) is 6.36. The van der Waals surface area contributed by atoms with Crippen molar-refractivity contribution in [3.05, 3.63) is 138 Å². The third kappa shape index (κ3) is 11.2. The van der Waals surface area contributed by atoms with Crippen LogP contribution >= 0.6 is 11.8 Å². The Hall–Kier alpha value is -5.56. The first-order chi connectivity index (χ1) is 25.2. The number of carboxylic acids is 1. The summed E-state index contributed by atoms with van der Waals surface area (Å²) in [6.07, 6.45) is -9.67. The van der Waals surface area contributed by atoms with Gasteiger partial charge in [-0.1, -0.05) is 72.8 Å².